The summed E-state index contributed by atoms with van der Waals surface area (Å²) in [5.74, 6) is 15.1. The summed E-state index contributed by atoms with van der Waals surface area (Å²) in [5.41, 5.74) is 0. The highest BCUT2D eigenvalue weighted by Gasteiger charge is 2.76. The molecule has 0 aromatic heterocycles. The highest BCUT2D eigenvalue weighted by Crippen LogP contribution is 2.82. The second-order valence-electron chi connectivity index (χ2n) is 8.98. The van der Waals surface area contributed by atoms with Crippen molar-refractivity contribution in [3.63, 3.8) is 0 Å². The Kier molecular flexibility index (Phi) is 1.04. The molecule has 0 N–H and O–H groups in total. The van der Waals surface area contributed by atoms with Crippen LogP contribution in [0.25, 0.3) is 0 Å². The van der Waals surface area contributed by atoms with Crippen molar-refractivity contribution < 1.29 is 0 Å². The Morgan fingerprint density at radius 1 is 0.353 bits per heavy atom. The van der Waals surface area contributed by atoms with Crippen LogP contribution in [-0.2, 0) is 0 Å². The molecule has 0 amide bonds. The fourth-order valence-electron chi connectivity index (χ4n) is 8.98. The van der Waals surface area contributed by atoms with E-state index in [2.05, 4.69) is 0 Å². The number of hydrogen-bond acceptors (Lipinski definition) is 0. The van der Waals surface area contributed by atoms with Crippen LogP contribution in [0.15, 0.2) is 0 Å². The topological polar surface area (TPSA) is 0 Å². The molecule has 7 saturated carbocycles. The molecule has 7 aliphatic rings. The Bertz CT molecular complexity index is 439. The highest BCUT2D eigenvalue weighted by molar-refractivity contribution is 5.24. The molecule has 7 aliphatic carbocycles. The monoisotopic (exact) mass is 226 g/mol. The van der Waals surface area contributed by atoms with E-state index in [9.17, 15) is 0 Å². The Labute approximate surface area is 104 Å². The first-order valence-electron chi connectivity index (χ1n) is 8.42. The van der Waals surface area contributed by atoms with Crippen molar-refractivity contribution in [1.82, 2.24) is 0 Å². The molecule has 90 valence electrons. The Morgan fingerprint density at radius 3 is 1.76 bits per heavy atom. The van der Waals surface area contributed by atoms with Crippen molar-refractivity contribution >= 4 is 0 Å². The van der Waals surface area contributed by atoms with E-state index in [0.29, 0.717) is 0 Å². The molecule has 0 aliphatic heterocycles. The van der Waals surface area contributed by atoms with Crippen LogP contribution >= 0.6 is 0 Å². The Balaban J connectivity index is 1.39. The molecular formula is C17H22. The van der Waals surface area contributed by atoms with Gasteiger partial charge in [-0.2, -0.15) is 0 Å². The van der Waals surface area contributed by atoms with Crippen LogP contribution in [-0.4, -0.2) is 0 Å². The minimum atomic E-state index is 1.24. The molecule has 7 rings (SSSR count). The smallest absolute Gasteiger partial charge is 0.0318 e. The summed E-state index contributed by atoms with van der Waals surface area (Å²) in [6, 6.07) is 0. The average molecular weight is 226 g/mol. The highest BCUT2D eigenvalue weighted by atomic mass is 14.8. The van der Waals surface area contributed by atoms with E-state index in [1.165, 1.54) is 71.0 Å². The van der Waals surface area contributed by atoms with E-state index in [-0.39, 0.29) is 0 Å². The fraction of sp³-hybridized carbons (Fsp3) is 1.00. The molecule has 0 heterocycles. The molecule has 0 nitrogen and oxygen atoms in total. The zero-order valence-corrected chi connectivity index (χ0v) is 10.5. The lowest BCUT2D eigenvalue weighted by Crippen LogP contribution is -2.38. The molecule has 0 aromatic rings. The van der Waals surface area contributed by atoms with Gasteiger partial charge in [0.1, 0.15) is 0 Å². The zero-order valence-electron chi connectivity index (χ0n) is 10.5. The van der Waals surface area contributed by atoms with Gasteiger partial charge in [0.2, 0.25) is 0 Å². The van der Waals surface area contributed by atoms with Gasteiger partial charge in [-0.25, -0.2) is 0 Å². The van der Waals surface area contributed by atoms with Crippen molar-refractivity contribution in [3.8, 4) is 0 Å². The predicted molar refractivity (Wildman–Crippen MR) is 65.0 cm³/mol. The molecule has 0 radical (unpaired) electrons. The first-order valence-corrected chi connectivity index (χ1v) is 8.42. The summed E-state index contributed by atoms with van der Waals surface area (Å²) >= 11 is 0. The normalized spacial score (nSPS) is 83.3. The van der Waals surface area contributed by atoms with Crippen LogP contribution in [0.1, 0.15) is 32.1 Å². The quantitative estimate of drug-likeness (QED) is 0.555. The molecule has 17 heavy (non-hydrogen) atoms. The molecule has 7 fully saturated rings. The molecular weight excluding hydrogens is 204 g/mol. The predicted octanol–water partition coefficient (Wildman–Crippen LogP) is 3.43. The van der Waals surface area contributed by atoms with Gasteiger partial charge in [-0.1, -0.05) is 0 Å². The summed E-state index contributed by atoms with van der Waals surface area (Å²) in [4.78, 5) is 0. The first-order chi connectivity index (χ1) is 8.42. The number of hydrogen-bond donors (Lipinski definition) is 0. The maximum Gasteiger partial charge on any atom is -0.0318 e. The van der Waals surface area contributed by atoms with Crippen LogP contribution in [0.5, 0.6) is 0 Å². The van der Waals surface area contributed by atoms with E-state index in [1.54, 1.807) is 32.1 Å². The second kappa shape index (κ2) is 2.14. The van der Waals surface area contributed by atoms with Crippen LogP contribution in [0.2, 0.25) is 0 Å². The molecule has 0 spiro atoms. The minimum Gasteiger partial charge on any atom is -0.0468 e. The Morgan fingerprint density at radius 2 is 0.882 bits per heavy atom. The van der Waals surface area contributed by atoms with Gasteiger partial charge in [-0.05, 0) is 103 Å². The van der Waals surface area contributed by atoms with Gasteiger partial charge in [-0.3, -0.25) is 0 Å². The minimum absolute atomic E-state index is 1.24. The maximum absolute atomic E-state index is 1.71. The van der Waals surface area contributed by atoms with Gasteiger partial charge in [0, 0.05) is 0 Å². The third-order valence-corrected chi connectivity index (χ3v) is 9.09. The molecule has 12 atom stereocenters. The lowest BCUT2D eigenvalue weighted by molar-refractivity contribution is 0.0547. The van der Waals surface area contributed by atoms with Crippen molar-refractivity contribution in [3.05, 3.63) is 0 Å². The largest absolute Gasteiger partial charge is 0.0468 e. The van der Waals surface area contributed by atoms with Crippen molar-refractivity contribution in [2.75, 3.05) is 0 Å². The van der Waals surface area contributed by atoms with Crippen LogP contribution in [0.3, 0.4) is 0 Å². The van der Waals surface area contributed by atoms with E-state index in [0.717, 1.165) is 0 Å². The molecule has 4 bridgehead atoms. The van der Waals surface area contributed by atoms with Crippen LogP contribution in [0.4, 0.5) is 0 Å². The van der Waals surface area contributed by atoms with Gasteiger partial charge >= 0.3 is 0 Å². The van der Waals surface area contributed by atoms with Gasteiger partial charge < -0.3 is 0 Å². The standard InChI is InChI=1S/C17H22/c1-6-2-10-13-5-14(15(10)7(1)6)17-12-4-11(16(13)17)8-3-9(8)12/h6-17H,1-5H2. The molecule has 0 aromatic carbocycles. The Hall–Kier alpha value is 0. The number of rotatable bonds is 0. The van der Waals surface area contributed by atoms with Crippen LogP contribution in [0, 0.1) is 71.0 Å². The second-order valence-corrected chi connectivity index (χ2v) is 8.98. The van der Waals surface area contributed by atoms with E-state index < -0.39 is 0 Å². The lowest BCUT2D eigenvalue weighted by Gasteiger charge is -2.41. The van der Waals surface area contributed by atoms with Crippen LogP contribution < -0.4 is 0 Å². The van der Waals surface area contributed by atoms with E-state index in [4.69, 9.17) is 0 Å². The van der Waals surface area contributed by atoms with Gasteiger partial charge in [0.25, 0.3) is 0 Å². The van der Waals surface area contributed by atoms with Crippen molar-refractivity contribution in [2.45, 2.75) is 32.1 Å². The summed E-state index contributed by atoms with van der Waals surface area (Å²) in [6.45, 7) is 0. The van der Waals surface area contributed by atoms with Gasteiger partial charge in [0.15, 0.2) is 0 Å². The maximum atomic E-state index is 1.71. The SMILES string of the molecule is C1C2C1C1CC2C2C3CC(C4C5CC5CC34)C12. The molecule has 0 heteroatoms. The van der Waals surface area contributed by atoms with Crippen molar-refractivity contribution in [1.29, 1.82) is 0 Å². The summed E-state index contributed by atoms with van der Waals surface area (Å²) in [6.07, 6.45) is 8.42. The van der Waals surface area contributed by atoms with Gasteiger partial charge in [-0.15, -0.1) is 0 Å². The third kappa shape index (κ3) is 0.678. The number of fused-ring (bicyclic) bond motifs is 17. The zero-order chi connectivity index (χ0) is 10.5. The average Bonchev–Trinajstić information content (AvgIpc) is 3.01. The molecule has 12 unspecified atom stereocenters. The summed E-state index contributed by atoms with van der Waals surface area (Å²) in [7, 11) is 0. The van der Waals surface area contributed by atoms with E-state index >= 15 is 0 Å². The summed E-state index contributed by atoms with van der Waals surface area (Å²) < 4.78 is 0. The van der Waals surface area contributed by atoms with E-state index in [1.807, 2.05) is 0 Å². The molecule has 0 saturated heterocycles. The third-order valence-electron chi connectivity index (χ3n) is 9.09. The summed E-state index contributed by atoms with van der Waals surface area (Å²) in [5, 5.41) is 0. The first kappa shape index (κ1) is 8.23. The van der Waals surface area contributed by atoms with Gasteiger partial charge in [0.05, 0.1) is 0 Å². The van der Waals surface area contributed by atoms with Crippen molar-refractivity contribution in [2.24, 2.45) is 71.0 Å². The lowest BCUT2D eigenvalue weighted by atomic mass is 9.63. The fourth-order valence-corrected chi connectivity index (χ4v) is 8.98.